The highest BCUT2D eigenvalue weighted by Gasteiger charge is 2.34. The van der Waals surface area contributed by atoms with Gasteiger partial charge >= 0.3 is 5.97 Å². The van der Waals surface area contributed by atoms with Gasteiger partial charge in [0.25, 0.3) is 5.91 Å². The van der Waals surface area contributed by atoms with Crippen molar-refractivity contribution in [2.45, 2.75) is 25.8 Å². The number of nitrogens with zero attached hydrogens (tertiary/aromatic N) is 2. The third-order valence-corrected chi connectivity index (χ3v) is 6.75. The van der Waals surface area contributed by atoms with E-state index in [-0.39, 0.29) is 31.6 Å². The predicted molar refractivity (Wildman–Crippen MR) is 122 cm³/mol. The number of ether oxygens (including phenoxy) is 2. The Bertz CT molecular complexity index is 1060. The minimum Gasteiger partial charge on any atom is -0.493 e. The van der Waals surface area contributed by atoms with Crippen molar-refractivity contribution < 1.29 is 19.1 Å². The molecule has 1 amide bonds. The Hall–Kier alpha value is -2.97. The number of carbonyl (C=O) groups is 2. The van der Waals surface area contributed by atoms with Gasteiger partial charge < -0.3 is 9.47 Å². The molecule has 160 valence electrons. The van der Waals surface area contributed by atoms with Gasteiger partial charge in [0, 0.05) is 11.3 Å². The molecular weight excluding hydrogens is 432 g/mol. The maximum absolute atomic E-state index is 12.8. The van der Waals surface area contributed by atoms with E-state index in [0.717, 1.165) is 26.8 Å². The van der Waals surface area contributed by atoms with E-state index in [1.807, 2.05) is 66.2 Å². The zero-order valence-electron chi connectivity index (χ0n) is 17.0. The monoisotopic (exact) mass is 454 g/mol. The summed E-state index contributed by atoms with van der Waals surface area (Å²) in [6, 6.07) is 15.3. The molecule has 3 heterocycles. The molecule has 0 radical (unpaired) electrons. The normalized spacial score (nSPS) is 15.6. The van der Waals surface area contributed by atoms with E-state index < -0.39 is 5.97 Å². The zero-order chi connectivity index (χ0) is 21.6. The fraction of sp³-hybridized carbons (Fsp3) is 0.261. The van der Waals surface area contributed by atoms with Gasteiger partial charge in [0.15, 0.2) is 6.61 Å². The fourth-order valence-corrected chi connectivity index (χ4v) is 4.81. The van der Waals surface area contributed by atoms with E-state index in [9.17, 15) is 9.59 Å². The van der Waals surface area contributed by atoms with Gasteiger partial charge in [-0.2, -0.15) is 5.10 Å². The molecular formula is C23H22N2O4S2. The highest BCUT2D eigenvalue weighted by molar-refractivity contribution is 7.12. The number of benzene rings is 1. The Balaban J connectivity index is 1.32. The topological polar surface area (TPSA) is 68.2 Å². The van der Waals surface area contributed by atoms with Gasteiger partial charge in [-0.05, 0) is 41.4 Å². The van der Waals surface area contributed by atoms with Crippen molar-refractivity contribution in [1.82, 2.24) is 5.01 Å². The number of hydrogen-bond donors (Lipinski definition) is 0. The predicted octanol–water partition coefficient (Wildman–Crippen LogP) is 4.81. The number of hydrazone groups is 1. The molecule has 1 atom stereocenters. The lowest BCUT2D eigenvalue weighted by Gasteiger charge is -2.20. The van der Waals surface area contributed by atoms with Crippen LogP contribution in [0.5, 0.6) is 5.75 Å². The van der Waals surface area contributed by atoms with Gasteiger partial charge in [-0.25, -0.2) is 5.01 Å². The maximum atomic E-state index is 12.8. The first-order valence-corrected chi connectivity index (χ1v) is 11.7. The summed E-state index contributed by atoms with van der Waals surface area (Å²) in [7, 11) is 0. The number of para-hydroxylation sites is 1. The second-order valence-corrected chi connectivity index (χ2v) is 8.95. The summed E-state index contributed by atoms with van der Waals surface area (Å²) < 4.78 is 10.8. The Labute approximate surface area is 188 Å². The average molecular weight is 455 g/mol. The summed E-state index contributed by atoms with van der Waals surface area (Å²) in [5.74, 6) is -0.0768. The van der Waals surface area contributed by atoms with Crippen molar-refractivity contribution in [1.29, 1.82) is 0 Å². The van der Waals surface area contributed by atoms with Crippen LogP contribution in [0.25, 0.3) is 0 Å². The molecule has 0 fully saturated rings. The standard InChI is InChI=1S/C23H22N2O4S2/c1-16-6-2-3-7-19(16)28-11-10-23(27)29-15-22(26)25-18(21-9-5-13-31-21)14-17(24-25)20-8-4-12-30-20/h2-9,12-13,18H,10-11,14-15H2,1H3. The molecule has 0 N–H and O–H groups in total. The molecule has 8 heteroatoms. The molecule has 1 aromatic carbocycles. The second-order valence-electron chi connectivity index (χ2n) is 7.02. The second kappa shape index (κ2) is 9.89. The maximum Gasteiger partial charge on any atom is 0.309 e. The van der Waals surface area contributed by atoms with Gasteiger partial charge in [0.05, 0.1) is 29.7 Å². The van der Waals surface area contributed by atoms with E-state index in [2.05, 4.69) is 5.10 Å². The van der Waals surface area contributed by atoms with Crippen LogP contribution >= 0.6 is 22.7 Å². The van der Waals surface area contributed by atoms with Crippen LogP contribution in [0.2, 0.25) is 0 Å². The minimum absolute atomic E-state index is 0.0691. The first kappa shape index (κ1) is 21.3. The smallest absolute Gasteiger partial charge is 0.309 e. The molecule has 2 aromatic heterocycles. The summed E-state index contributed by atoms with van der Waals surface area (Å²) in [4.78, 5) is 27.0. The third kappa shape index (κ3) is 5.21. The molecule has 0 saturated heterocycles. The average Bonchev–Trinajstić information content (AvgIpc) is 3.54. The molecule has 4 rings (SSSR count). The molecule has 1 unspecified atom stereocenters. The summed E-state index contributed by atoms with van der Waals surface area (Å²) >= 11 is 3.18. The summed E-state index contributed by atoms with van der Waals surface area (Å²) in [5, 5.41) is 9.99. The van der Waals surface area contributed by atoms with Crippen LogP contribution in [0.3, 0.4) is 0 Å². The molecule has 0 spiro atoms. The quantitative estimate of drug-likeness (QED) is 0.458. The minimum atomic E-state index is -0.476. The lowest BCUT2D eigenvalue weighted by Crippen LogP contribution is -2.31. The van der Waals surface area contributed by atoms with Gasteiger partial charge in [0.1, 0.15) is 5.75 Å². The number of rotatable bonds is 8. The fourth-order valence-electron chi connectivity index (χ4n) is 3.28. The van der Waals surface area contributed by atoms with E-state index >= 15 is 0 Å². The number of hydrogen-bond acceptors (Lipinski definition) is 7. The third-order valence-electron chi connectivity index (χ3n) is 4.86. The van der Waals surface area contributed by atoms with Crippen molar-refractivity contribution in [3.63, 3.8) is 0 Å². The van der Waals surface area contributed by atoms with Crippen LogP contribution in [0, 0.1) is 6.92 Å². The molecule has 31 heavy (non-hydrogen) atoms. The van der Waals surface area contributed by atoms with E-state index in [0.29, 0.717) is 6.42 Å². The van der Waals surface area contributed by atoms with Crippen molar-refractivity contribution in [3.05, 3.63) is 74.6 Å². The number of thiophene rings is 2. The van der Waals surface area contributed by atoms with Crippen LogP contribution < -0.4 is 4.74 Å². The van der Waals surface area contributed by atoms with Crippen molar-refractivity contribution in [2.75, 3.05) is 13.2 Å². The largest absolute Gasteiger partial charge is 0.493 e. The Morgan fingerprint density at radius 3 is 2.65 bits per heavy atom. The van der Waals surface area contributed by atoms with Crippen molar-refractivity contribution in [2.24, 2.45) is 5.10 Å². The molecule has 1 aliphatic rings. The number of esters is 1. The van der Waals surface area contributed by atoms with Crippen LogP contribution in [0.4, 0.5) is 0 Å². The van der Waals surface area contributed by atoms with Crippen molar-refractivity contribution >= 4 is 40.3 Å². The zero-order valence-corrected chi connectivity index (χ0v) is 18.7. The van der Waals surface area contributed by atoms with Crippen LogP contribution in [0.15, 0.2) is 64.4 Å². The first-order valence-electron chi connectivity index (χ1n) is 9.92. The van der Waals surface area contributed by atoms with Gasteiger partial charge in [0.2, 0.25) is 0 Å². The lowest BCUT2D eigenvalue weighted by molar-refractivity contribution is -0.153. The molecule has 3 aromatic rings. The molecule has 0 aliphatic carbocycles. The molecule has 6 nitrogen and oxygen atoms in total. The first-order chi connectivity index (χ1) is 15.1. The number of amides is 1. The van der Waals surface area contributed by atoms with E-state index in [1.165, 1.54) is 5.01 Å². The van der Waals surface area contributed by atoms with Crippen molar-refractivity contribution in [3.8, 4) is 5.75 Å². The Kier molecular flexibility index (Phi) is 6.79. The number of aryl methyl sites for hydroxylation is 1. The van der Waals surface area contributed by atoms with Crippen LogP contribution in [0.1, 0.15) is 34.2 Å². The Morgan fingerprint density at radius 1 is 1.10 bits per heavy atom. The van der Waals surface area contributed by atoms with Gasteiger partial charge in [-0.3, -0.25) is 9.59 Å². The number of carbonyl (C=O) groups excluding carboxylic acids is 2. The summed E-state index contributed by atoms with van der Waals surface area (Å²) in [5.41, 5.74) is 1.87. The van der Waals surface area contributed by atoms with Gasteiger partial charge in [-0.15, -0.1) is 22.7 Å². The molecule has 0 saturated carbocycles. The van der Waals surface area contributed by atoms with E-state index in [1.54, 1.807) is 22.7 Å². The van der Waals surface area contributed by atoms with Crippen LogP contribution in [-0.2, 0) is 14.3 Å². The lowest BCUT2D eigenvalue weighted by atomic mass is 10.1. The van der Waals surface area contributed by atoms with Crippen LogP contribution in [-0.4, -0.2) is 35.8 Å². The van der Waals surface area contributed by atoms with Gasteiger partial charge in [-0.1, -0.05) is 30.3 Å². The molecule has 1 aliphatic heterocycles. The highest BCUT2D eigenvalue weighted by atomic mass is 32.1. The summed E-state index contributed by atoms with van der Waals surface area (Å²) in [6.45, 7) is 1.80. The summed E-state index contributed by atoms with van der Waals surface area (Å²) in [6.07, 6.45) is 0.713. The Morgan fingerprint density at radius 2 is 1.90 bits per heavy atom. The highest BCUT2D eigenvalue weighted by Crippen LogP contribution is 2.35. The van der Waals surface area contributed by atoms with E-state index in [4.69, 9.17) is 9.47 Å². The SMILES string of the molecule is Cc1ccccc1OCCC(=O)OCC(=O)N1N=C(c2cccs2)CC1c1cccs1. The molecule has 0 bridgehead atoms.